The van der Waals surface area contributed by atoms with Crippen molar-refractivity contribution in [3.05, 3.63) is 140 Å². The molecule has 5 rings (SSSR count). The topological polar surface area (TPSA) is 332 Å². The van der Waals surface area contributed by atoms with Crippen molar-refractivity contribution in [3.63, 3.8) is 0 Å². The number of carbonyl (C=O) groups excluding carboxylic acids is 4. The van der Waals surface area contributed by atoms with Crippen molar-refractivity contribution in [2.75, 3.05) is 90.2 Å². The van der Waals surface area contributed by atoms with Crippen molar-refractivity contribution in [3.8, 4) is 17.4 Å². The van der Waals surface area contributed by atoms with Crippen LogP contribution in [0.5, 0.6) is 17.4 Å². The van der Waals surface area contributed by atoms with E-state index in [9.17, 15) is 53.9 Å². The van der Waals surface area contributed by atoms with Crippen molar-refractivity contribution >= 4 is 57.2 Å². The zero-order chi connectivity index (χ0) is 47.1. The summed E-state index contributed by atoms with van der Waals surface area (Å²) in [6.07, 6.45) is 3.28. The number of nitrogens with zero attached hydrogens (tertiary/aromatic N) is 4. The summed E-state index contributed by atoms with van der Waals surface area (Å²) in [5.74, 6) is -7.64. The molecule has 0 unspecified atom stereocenters. The molecule has 0 radical (unpaired) electrons. The monoisotopic (exact) mass is 1140 g/mol. The van der Waals surface area contributed by atoms with E-state index in [1.54, 1.807) is 12.5 Å². The number of benzene rings is 3. The van der Waals surface area contributed by atoms with Gasteiger partial charge in [0, 0.05) is 77.7 Å². The summed E-state index contributed by atoms with van der Waals surface area (Å²) in [5, 5.41) is 71.0. The molecule has 0 saturated carbocycles. The number of pyridine rings is 2. The Labute approximate surface area is 402 Å². The third-order valence-electron chi connectivity index (χ3n) is 6.74. The maximum Gasteiger partial charge on any atom is 0.321 e. The number of amides is 4. The molecule has 4 N–H and O–H groups in total. The fourth-order valence-corrected chi connectivity index (χ4v) is 4.36. The minimum Gasteiger partial charge on any atom is -2.00 e. The second kappa shape index (κ2) is 27.1. The summed E-state index contributed by atoms with van der Waals surface area (Å²) >= 11 is 0. The van der Waals surface area contributed by atoms with E-state index in [0.717, 1.165) is 45.4 Å². The first-order valence-corrected chi connectivity index (χ1v) is 20.2. The van der Waals surface area contributed by atoms with E-state index in [-0.39, 0.29) is 74.3 Å². The predicted molar refractivity (Wildman–Crippen MR) is 234 cm³/mol. The van der Waals surface area contributed by atoms with E-state index >= 15 is 0 Å². The Bertz CT molecular complexity index is 2460. The van der Waals surface area contributed by atoms with E-state index in [0.29, 0.717) is 0 Å². The van der Waals surface area contributed by atoms with Crippen LogP contribution in [0.3, 0.4) is 0 Å². The summed E-state index contributed by atoms with van der Waals surface area (Å²) in [6, 6.07) is 19.9. The standard InChI is InChI=1S/C32H23N6O10.2C4H12N.C2H6OS.2O.U/c39-25-13-5-11-23(37(25)47)31(45)35-21-9-3-1-7-19(21)33-29(43)17-15-16-18(28(42)27(17)41)30(44)34-20-8-2-4-10-22(20)36-32(46)24-12-6-14-26(40)38(24)48;2*1-5(2,3)4;1-4(2)3;;;/h1-16,39,41-42H,(H,33,43)(H,34,44)(H,35,45)(H,36,46);2*1-4H3;1-2H3;;;/q-1;2*+1;;2*-2;/p-3. The average molecular weight is 1150 g/mol. The van der Waals surface area contributed by atoms with E-state index in [2.05, 4.69) is 77.6 Å². The minimum atomic E-state index is -1.32. The van der Waals surface area contributed by atoms with Crippen LogP contribution < -0.4 is 46.9 Å². The van der Waals surface area contributed by atoms with Gasteiger partial charge < -0.3 is 71.7 Å². The van der Waals surface area contributed by atoms with E-state index in [1.165, 1.54) is 60.7 Å². The van der Waals surface area contributed by atoms with Gasteiger partial charge in [0.05, 0.1) is 79.1 Å². The van der Waals surface area contributed by atoms with Crippen LogP contribution in [0.15, 0.2) is 102 Å². The first-order chi connectivity index (χ1) is 28.7. The van der Waals surface area contributed by atoms with Crippen LogP contribution in [0.4, 0.5) is 22.7 Å². The van der Waals surface area contributed by atoms with Crippen LogP contribution in [0.2, 0.25) is 0 Å². The molecule has 352 valence electrons. The van der Waals surface area contributed by atoms with Gasteiger partial charge in [-0.15, -0.1) is 11.5 Å². The second-order valence-electron chi connectivity index (χ2n) is 15.9. The summed E-state index contributed by atoms with van der Waals surface area (Å²) in [4.78, 5) is 62.9. The third-order valence-corrected chi connectivity index (χ3v) is 6.74. The Morgan fingerprint density at radius 1 is 0.554 bits per heavy atom. The fraction of sp³-hybridized carbons (Fsp3) is 0.238. The van der Waals surface area contributed by atoms with Crippen molar-refractivity contribution in [2.24, 2.45) is 0 Å². The molecule has 0 aliphatic heterocycles. The van der Waals surface area contributed by atoms with Gasteiger partial charge >= 0.3 is 5.91 Å². The maximum absolute atomic E-state index is 13.0. The number of hydrogen-bond acceptors (Lipinski definition) is 11. The molecule has 0 aliphatic rings. The first kappa shape index (κ1) is 60.8. The summed E-state index contributed by atoms with van der Waals surface area (Å²) < 4.78 is 11.3. The van der Waals surface area contributed by atoms with Gasteiger partial charge in [0.2, 0.25) is 5.56 Å². The van der Waals surface area contributed by atoms with Crippen molar-refractivity contribution in [2.45, 2.75) is 0 Å². The van der Waals surface area contributed by atoms with Gasteiger partial charge in [-0.2, -0.15) is 4.73 Å². The van der Waals surface area contributed by atoms with E-state index < -0.39 is 79.9 Å². The molecule has 0 fully saturated rings. The number of para-hydroxylation sites is 4. The number of nitrogens with one attached hydrogen (secondary N) is 4. The second-order valence-corrected chi connectivity index (χ2v) is 17.4. The molecule has 0 spiro atoms. The van der Waals surface area contributed by atoms with E-state index in [1.807, 2.05) is 0 Å². The van der Waals surface area contributed by atoms with Crippen molar-refractivity contribution in [1.29, 1.82) is 0 Å². The number of hydrogen-bond donors (Lipinski definition) is 4. The van der Waals surface area contributed by atoms with Gasteiger partial charge in [-0.1, -0.05) is 36.4 Å². The number of quaternary nitrogens is 2. The van der Waals surface area contributed by atoms with Crippen LogP contribution in [0.25, 0.3) is 0 Å². The molecular weight excluding hydrogens is 1090 g/mol. The molecular formula is C42H50N8O13SU-6. The van der Waals surface area contributed by atoms with Gasteiger partial charge in [0.1, 0.15) is 5.69 Å². The van der Waals surface area contributed by atoms with Crippen LogP contribution in [-0.2, 0) is 21.8 Å². The molecule has 65 heavy (non-hydrogen) atoms. The smallest absolute Gasteiger partial charge is 0.321 e. The average Bonchev–Trinajstić information content (AvgIpc) is 3.14. The number of anilines is 4. The van der Waals surface area contributed by atoms with Crippen molar-refractivity contribution < 1.29 is 94.5 Å². The predicted octanol–water partition coefficient (Wildman–Crippen LogP) is 1.46. The molecule has 4 amide bonds. The van der Waals surface area contributed by atoms with Crippen LogP contribution >= 0.6 is 0 Å². The minimum absolute atomic E-state index is 0. The summed E-state index contributed by atoms with van der Waals surface area (Å²) in [7, 11) is 16.4. The molecule has 0 saturated heterocycles. The maximum atomic E-state index is 13.0. The summed E-state index contributed by atoms with van der Waals surface area (Å²) in [6.45, 7) is 0. The van der Waals surface area contributed by atoms with Gasteiger partial charge in [-0.3, -0.25) is 28.2 Å². The molecule has 0 atom stereocenters. The van der Waals surface area contributed by atoms with Gasteiger partial charge in [-0.25, -0.2) is 0 Å². The van der Waals surface area contributed by atoms with E-state index in [4.69, 9.17) is 0 Å². The molecule has 5 aromatic rings. The number of rotatable bonds is 8. The zero-order valence-electron chi connectivity index (χ0n) is 37.2. The normalized spacial score (nSPS) is 10.1. The molecule has 3 aromatic carbocycles. The molecule has 0 aliphatic carbocycles. The third kappa shape index (κ3) is 20.8. The van der Waals surface area contributed by atoms with Crippen LogP contribution in [0.1, 0.15) is 41.7 Å². The Morgan fingerprint density at radius 3 is 1.25 bits per heavy atom. The van der Waals surface area contributed by atoms with Gasteiger partial charge in [0.15, 0.2) is 5.88 Å². The zero-order valence-corrected chi connectivity index (χ0v) is 42.2. The Kier molecular flexibility index (Phi) is 25.3. The van der Waals surface area contributed by atoms with Gasteiger partial charge in [0.25, 0.3) is 23.4 Å². The Hall–Kier alpha value is -6.32. The number of aromatic nitrogens is 2. The number of carbonyl (C=O) groups is 4. The SMILES string of the molecule is CS(C)=O.C[N+](C)(C)C.C[N+](C)(C)C.O=C(Nc1ccccc1NC(=O)c1cccc(=O)n1[O-])c1ccc(C(=O)Nc2ccccc2NC(=O)c2cccc([O-])[n+]2[O-])c([O-])c1[O-].[O-2].[O-2].[U]. The molecule has 2 aromatic heterocycles. The molecule has 2 heterocycles. The van der Waals surface area contributed by atoms with Crippen LogP contribution in [-0.4, -0.2) is 110 Å². The first-order valence-electron chi connectivity index (χ1n) is 18.3. The fourth-order valence-electron chi connectivity index (χ4n) is 4.36. The van der Waals surface area contributed by atoms with Crippen LogP contribution in [0, 0.1) is 41.5 Å². The molecule has 21 nitrogen and oxygen atoms in total. The molecule has 0 bridgehead atoms. The largest absolute Gasteiger partial charge is 2.00 e. The van der Waals surface area contributed by atoms with Crippen molar-refractivity contribution in [1.82, 2.24) is 4.73 Å². The molecule has 23 heteroatoms. The summed E-state index contributed by atoms with van der Waals surface area (Å²) in [5.41, 5.74) is -3.30. The van der Waals surface area contributed by atoms with Gasteiger partial charge in [-0.05, 0) is 48.5 Å². The Morgan fingerprint density at radius 2 is 0.877 bits per heavy atom. The quantitative estimate of drug-likeness (QED) is 0.0979. The Balaban J connectivity index is 0.